The third kappa shape index (κ3) is 5.36. The lowest BCUT2D eigenvalue weighted by Gasteiger charge is -2.32. The average Bonchev–Trinajstić information content (AvgIpc) is 2.78. The van der Waals surface area contributed by atoms with Crippen LogP contribution in [-0.4, -0.2) is 43.1 Å². The van der Waals surface area contributed by atoms with E-state index in [1.165, 1.54) is 10.8 Å². The summed E-state index contributed by atoms with van der Waals surface area (Å²) < 4.78 is 5.94. The van der Waals surface area contributed by atoms with Gasteiger partial charge in [-0.3, -0.25) is 4.79 Å². The molecule has 0 saturated carbocycles. The topological polar surface area (TPSA) is 41.6 Å². The Balaban J connectivity index is 1.15. The zero-order chi connectivity index (χ0) is 19.9. The molecule has 0 radical (unpaired) electrons. The van der Waals surface area contributed by atoms with Gasteiger partial charge in [0, 0.05) is 31.2 Å². The Morgan fingerprint density at radius 1 is 0.931 bits per heavy atom. The van der Waals surface area contributed by atoms with Crippen LogP contribution in [0.2, 0.25) is 0 Å². The molecule has 0 aromatic heterocycles. The summed E-state index contributed by atoms with van der Waals surface area (Å²) in [4.78, 5) is 14.7. The number of likely N-dealkylation sites (tertiary alicyclic amines) is 1. The Bertz CT molecular complexity index is 934. The average molecular weight is 389 g/mol. The van der Waals surface area contributed by atoms with Crippen molar-refractivity contribution < 1.29 is 9.53 Å². The lowest BCUT2D eigenvalue weighted by Crippen LogP contribution is -2.45. The number of piperidine rings is 1. The highest BCUT2D eigenvalue weighted by molar-refractivity contribution is 5.94. The van der Waals surface area contributed by atoms with Crippen LogP contribution in [0, 0.1) is 0 Å². The van der Waals surface area contributed by atoms with Crippen molar-refractivity contribution in [2.45, 2.75) is 25.3 Å². The van der Waals surface area contributed by atoms with E-state index >= 15 is 0 Å². The van der Waals surface area contributed by atoms with E-state index in [0.717, 1.165) is 56.8 Å². The van der Waals surface area contributed by atoms with Crippen molar-refractivity contribution in [3.8, 4) is 5.75 Å². The Labute approximate surface area is 172 Å². The highest BCUT2D eigenvalue weighted by atomic mass is 16.5. The summed E-state index contributed by atoms with van der Waals surface area (Å²) in [5.74, 6) is 0.971. The predicted octanol–water partition coefficient (Wildman–Crippen LogP) is 4.50. The molecule has 4 rings (SSSR count). The Morgan fingerprint density at radius 3 is 2.45 bits per heavy atom. The van der Waals surface area contributed by atoms with Crippen molar-refractivity contribution in [2.24, 2.45) is 0 Å². The number of ether oxygens (including phenoxy) is 1. The van der Waals surface area contributed by atoms with Crippen molar-refractivity contribution >= 4 is 16.7 Å². The van der Waals surface area contributed by atoms with Crippen molar-refractivity contribution in [3.05, 3.63) is 78.4 Å². The molecule has 150 valence electrons. The van der Waals surface area contributed by atoms with Gasteiger partial charge in [0.05, 0.1) is 6.61 Å². The molecule has 0 atom stereocenters. The van der Waals surface area contributed by atoms with E-state index in [2.05, 4.69) is 46.6 Å². The maximum Gasteiger partial charge on any atom is 0.251 e. The van der Waals surface area contributed by atoms with Gasteiger partial charge in [-0.05, 0) is 54.3 Å². The number of nitrogens with one attached hydrogen (secondary N) is 1. The van der Waals surface area contributed by atoms with Crippen LogP contribution in [0.4, 0.5) is 0 Å². The molecule has 3 aromatic carbocycles. The Morgan fingerprint density at radius 2 is 1.66 bits per heavy atom. The molecular formula is C25H28N2O2. The van der Waals surface area contributed by atoms with Gasteiger partial charge in [-0.25, -0.2) is 0 Å². The van der Waals surface area contributed by atoms with Crippen LogP contribution in [0.15, 0.2) is 72.8 Å². The van der Waals surface area contributed by atoms with Gasteiger partial charge in [0.25, 0.3) is 5.91 Å². The minimum atomic E-state index is 0.0350. The fraction of sp³-hybridized carbons (Fsp3) is 0.320. The molecular weight excluding hydrogens is 360 g/mol. The summed E-state index contributed by atoms with van der Waals surface area (Å²) in [7, 11) is 0. The zero-order valence-corrected chi connectivity index (χ0v) is 16.7. The lowest BCUT2D eigenvalue weighted by atomic mass is 10.0. The third-order valence-corrected chi connectivity index (χ3v) is 5.57. The van der Waals surface area contributed by atoms with Gasteiger partial charge in [-0.2, -0.15) is 0 Å². The quantitative estimate of drug-likeness (QED) is 0.606. The lowest BCUT2D eigenvalue weighted by molar-refractivity contribution is 0.0909. The van der Waals surface area contributed by atoms with E-state index in [-0.39, 0.29) is 11.9 Å². The molecule has 3 aromatic rings. The van der Waals surface area contributed by atoms with Crippen LogP contribution in [0.25, 0.3) is 10.8 Å². The molecule has 4 heteroatoms. The van der Waals surface area contributed by atoms with Crippen molar-refractivity contribution in [1.29, 1.82) is 0 Å². The van der Waals surface area contributed by atoms with Crippen LogP contribution >= 0.6 is 0 Å². The number of rotatable bonds is 7. The fourth-order valence-corrected chi connectivity index (χ4v) is 3.89. The number of amides is 1. The first-order valence-electron chi connectivity index (χ1n) is 10.5. The van der Waals surface area contributed by atoms with Crippen LogP contribution in [0.3, 0.4) is 0 Å². The van der Waals surface area contributed by atoms with Crippen LogP contribution in [0.1, 0.15) is 29.6 Å². The molecule has 1 aliphatic heterocycles. The largest absolute Gasteiger partial charge is 0.494 e. The van der Waals surface area contributed by atoms with Crippen LogP contribution < -0.4 is 10.1 Å². The summed E-state index contributed by atoms with van der Waals surface area (Å²) in [5.41, 5.74) is 0.737. The number of hydrogen-bond acceptors (Lipinski definition) is 3. The minimum Gasteiger partial charge on any atom is -0.494 e. The smallest absolute Gasteiger partial charge is 0.251 e. The fourth-order valence-electron chi connectivity index (χ4n) is 3.89. The first-order chi connectivity index (χ1) is 14.3. The molecule has 1 N–H and O–H groups in total. The monoisotopic (exact) mass is 388 g/mol. The van der Waals surface area contributed by atoms with Gasteiger partial charge in [0.2, 0.25) is 0 Å². The highest BCUT2D eigenvalue weighted by Gasteiger charge is 2.20. The van der Waals surface area contributed by atoms with Crippen molar-refractivity contribution in [1.82, 2.24) is 10.2 Å². The SMILES string of the molecule is O=C(NC1CCN(CCCOc2ccc3ccccc3c2)CC1)c1ccccc1. The van der Waals surface area contributed by atoms with E-state index in [4.69, 9.17) is 4.74 Å². The molecule has 1 fully saturated rings. The second kappa shape index (κ2) is 9.57. The number of hydrogen-bond donors (Lipinski definition) is 1. The molecule has 0 spiro atoms. The van der Waals surface area contributed by atoms with Crippen molar-refractivity contribution in [2.75, 3.05) is 26.2 Å². The molecule has 0 unspecified atom stereocenters. The standard InChI is InChI=1S/C25H28N2O2/c28-25(21-8-2-1-3-9-21)26-23-13-16-27(17-14-23)15-6-18-29-24-12-11-20-7-4-5-10-22(20)19-24/h1-5,7-12,19,23H,6,13-18H2,(H,26,28). The van der Waals surface area contributed by atoms with E-state index in [0.29, 0.717) is 0 Å². The second-order valence-electron chi connectivity index (χ2n) is 7.67. The maximum absolute atomic E-state index is 12.3. The van der Waals surface area contributed by atoms with Gasteiger partial charge in [-0.1, -0.05) is 48.5 Å². The second-order valence-corrected chi connectivity index (χ2v) is 7.67. The number of carbonyl (C=O) groups is 1. The third-order valence-electron chi connectivity index (χ3n) is 5.57. The van der Waals surface area contributed by atoms with Gasteiger partial charge >= 0.3 is 0 Å². The number of carbonyl (C=O) groups excluding carboxylic acids is 1. The normalized spacial score (nSPS) is 15.3. The summed E-state index contributed by atoms with van der Waals surface area (Å²) in [6.45, 7) is 3.81. The summed E-state index contributed by atoms with van der Waals surface area (Å²) >= 11 is 0. The Kier molecular flexibility index (Phi) is 6.42. The molecule has 1 amide bonds. The summed E-state index contributed by atoms with van der Waals surface area (Å²) in [6, 6.07) is 24.3. The molecule has 1 aliphatic rings. The summed E-state index contributed by atoms with van der Waals surface area (Å²) in [5, 5.41) is 5.62. The summed E-state index contributed by atoms with van der Waals surface area (Å²) in [6.07, 6.45) is 3.02. The number of benzene rings is 3. The van der Waals surface area contributed by atoms with E-state index < -0.39 is 0 Å². The minimum absolute atomic E-state index is 0.0350. The van der Waals surface area contributed by atoms with E-state index in [1.54, 1.807) is 0 Å². The first kappa shape index (κ1) is 19.5. The molecule has 0 bridgehead atoms. The molecule has 29 heavy (non-hydrogen) atoms. The van der Waals surface area contributed by atoms with E-state index in [1.807, 2.05) is 36.4 Å². The van der Waals surface area contributed by atoms with Crippen LogP contribution in [0.5, 0.6) is 5.75 Å². The first-order valence-corrected chi connectivity index (χ1v) is 10.5. The molecule has 0 aliphatic carbocycles. The van der Waals surface area contributed by atoms with Gasteiger partial charge in [-0.15, -0.1) is 0 Å². The van der Waals surface area contributed by atoms with Gasteiger partial charge in [0.15, 0.2) is 0 Å². The van der Waals surface area contributed by atoms with Gasteiger partial charge < -0.3 is 15.0 Å². The Hall–Kier alpha value is -2.85. The van der Waals surface area contributed by atoms with Gasteiger partial charge in [0.1, 0.15) is 5.75 Å². The van der Waals surface area contributed by atoms with E-state index in [9.17, 15) is 4.79 Å². The van der Waals surface area contributed by atoms with Crippen molar-refractivity contribution in [3.63, 3.8) is 0 Å². The molecule has 4 nitrogen and oxygen atoms in total. The number of fused-ring (bicyclic) bond motifs is 1. The highest BCUT2D eigenvalue weighted by Crippen LogP contribution is 2.20. The zero-order valence-electron chi connectivity index (χ0n) is 16.7. The molecule has 1 heterocycles. The molecule has 1 saturated heterocycles. The van der Waals surface area contributed by atoms with Crippen LogP contribution in [-0.2, 0) is 0 Å². The predicted molar refractivity (Wildman–Crippen MR) is 117 cm³/mol. The number of nitrogens with zero attached hydrogens (tertiary/aromatic N) is 1. The maximum atomic E-state index is 12.3.